The van der Waals surface area contributed by atoms with Gasteiger partial charge in [-0.25, -0.2) is 4.79 Å². The number of rotatable bonds is 4. The van der Waals surface area contributed by atoms with E-state index in [1.54, 1.807) is 0 Å². The number of nitro groups is 1. The molecule has 0 unspecified atom stereocenters. The third-order valence-electron chi connectivity index (χ3n) is 2.76. The van der Waals surface area contributed by atoms with Gasteiger partial charge in [0, 0.05) is 17.4 Å². The van der Waals surface area contributed by atoms with E-state index in [1.807, 2.05) is 31.2 Å². The third kappa shape index (κ3) is 2.92. The summed E-state index contributed by atoms with van der Waals surface area (Å²) >= 11 is 0. The number of aromatic carboxylic acids is 1. The van der Waals surface area contributed by atoms with E-state index in [0.717, 1.165) is 11.3 Å². The zero-order valence-electron chi connectivity index (χ0n) is 10.7. The molecule has 0 aromatic heterocycles. The summed E-state index contributed by atoms with van der Waals surface area (Å²) in [4.78, 5) is 21.1. The van der Waals surface area contributed by atoms with Crippen molar-refractivity contribution in [1.29, 1.82) is 0 Å². The molecule has 0 fully saturated rings. The summed E-state index contributed by atoms with van der Waals surface area (Å²) in [6.45, 7) is 1.96. The fraction of sp³-hybridized carbons (Fsp3) is 0.0714. The highest BCUT2D eigenvalue weighted by Crippen LogP contribution is 2.25. The van der Waals surface area contributed by atoms with Crippen molar-refractivity contribution in [3.05, 3.63) is 63.7 Å². The number of nitrogens with one attached hydrogen (secondary N) is 1. The van der Waals surface area contributed by atoms with Crippen molar-refractivity contribution in [3.63, 3.8) is 0 Å². The van der Waals surface area contributed by atoms with Crippen LogP contribution in [0.4, 0.5) is 17.1 Å². The largest absolute Gasteiger partial charge is 0.477 e. The second kappa shape index (κ2) is 5.40. The number of nitro benzene ring substituents is 1. The minimum atomic E-state index is -1.33. The Hall–Kier alpha value is -2.89. The molecule has 0 bridgehead atoms. The van der Waals surface area contributed by atoms with E-state index in [4.69, 9.17) is 5.11 Å². The highest BCUT2D eigenvalue weighted by molar-refractivity contribution is 5.93. The number of hydrogen-bond acceptors (Lipinski definition) is 4. The molecule has 0 radical (unpaired) electrons. The van der Waals surface area contributed by atoms with E-state index in [1.165, 1.54) is 18.2 Å². The molecule has 0 amide bonds. The van der Waals surface area contributed by atoms with E-state index in [2.05, 4.69) is 5.32 Å². The van der Waals surface area contributed by atoms with E-state index in [-0.39, 0.29) is 5.56 Å². The summed E-state index contributed by atoms with van der Waals surface area (Å²) in [7, 11) is 0. The second-order valence-corrected chi connectivity index (χ2v) is 4.29. The predicted octanol–water partition coefficient (Wildman–Crippen LogP) is 3.35. The normalized spacial score (nSPS) is 10.1. The molecule has 2 aromatic rings. The van der Waals surface area contributed by atoms with Crippen LogP contribution in [0.15, 0.2) is 42.5 Å². The molecule has 6 heteroatoms. The van der Waals surface area contributed by atoms with Gasteiger partial charge in [0.15, 0.2) is 0 Å². The molecule has 2 N–H and O–H groups in total. The first-order valence-electron chi connectivity index (χ1n) is 5.83. The minimum absolute atomic E-state index is 0.341. The van der Waals surface area contributed by atoms with Crippen molar-refractivity contribution in [2.45, 2.75) is 6.92 Å². The number of carboxylic acid groups (broad SMARTS) is 1. The molecular formula is C14H12N2O4. The minimum Gasteiger partial charge on any atom is -0.477 e. The van der Waals surface area contributed by atoms with Crippen molar-refractivity contribution in [2.24, 2.45) is 0 Å². The molecule has 0 aliphatic carbocycles. The van der Waals surface area contributed by atoms with Gasteiger partial charge >= 0.3 is 5.97 Å². The fourth-order valence-electron chi connectivity index (χ4n) is 1.75. The van der Waals surface area contributed by atoms with E-state index in [9.17, 15) is 14.9 Å². The molecule has 0 aliphatic rings. The Bertz CT molecular complexity index is 665. The Morgan fingerprint density at radius 3 is 2.30 bits per heavy atom. The first kappa shape index (κ1) is 13.5. The van der Waals surface area contributed by atoms with Gasteiger partial charge in [0.05, 0.1) is 4.92 Å². The molecule has 0 atom stereocenters. The van der Waals surface area contributed by atoms with Crippen LogP contribution < -0.4 is 5.32 Å². The monoisotopic (exact) mass is 272 g/mol. The zero-order chi connectivity index (χ0) is 14.7. The third-order valence-corrected chi connectivity index (χ3v) is 2.76. The first-order chi connectivity index (χ1) is 9.47. The highest BCUT2D eigenvalue weighted by Gasteiger charge is 2.19. The molecule has 6 nitrogen and oxygen atoms in total. The SMILES string of the molecule is Cc1ccc(Nc2ccc([N+](=O)[O-])c(C(=O)O)c2)cc1. The van der Waals surface area contributed by atoms with Crippen molar-refractivity contribution < 1.29 is 14.8 Å². The fourth-order valence-corrected chi connectivity index (χ4v) is 1.75. The number of aryl methyl sites for hydroxylation is 1. The van der Waals surface area contributed by atoms with Crippen LogP contribution in [0.2, 0.25) is 0 Å². The Kier molecular flexibility index (Phi) is 3.65. The van der Waals surface area contributed by atoms with Gasteiger partial charge in [-0.3, -0.25) is 10.1 Å². The molecular weight excluding hydrogens is 260 g/mol. The lowest BCUT2D eigenvalue weighted by molar-refractivity contribution is -0.385. The maximum atomic E-state index is 11.0. The van der Waals surface area contributed by atoms with Crippen LogP contribution in [0.25, 0.3) is 0 Å². The quantitative estimate of drug-likeness (QED) is 0.657. The topological polar surface area (TPSA) is 92.5 Å². The Morgan fingerprint density at radius 2 is 1.75 bits per heavy atom. The van der Waals surface area contributed by atoms with Crippen LogP contribution in [-0.2, 0) is 0 Å². The maximum Gasteiger partial charge on any atom is 0.342 e. The van der Waals surface area contributed by atoms with Gasteiger partial charge in [-0.1, -0.05) is 17.7 Å². The van der Waals surface area contributed by atoms with E-state index in [0.29, 0.717) is 5.69 Å². The number of benzene rings is 2. The molecule has 0 heterocycles. The van der Waals surface area contributed by atoms with Gasteiger partial charge in [-0.15, -0.1) is 0 Å². The van der Waals surface area contributed by atoms with Gasteiger partial charge in [0.25, 0.3) is 5.69 Å². The van der Waals surface area contributed by atoms with Crippen LogP contribution in [0.5, 0.6) is 0 Å². The molecule has 0 aliphatic heterocycles. The van der Waals surface area contributed by atoms with Crippen molar-refractivity contribution in [2.75, 3.05) is 5.32 Å². The van der Waals surface area contributed by atoms with E-state index >= 15 is 0 Å². The molecule has 0 saturated heterocycles. The number of anilines is 2. The van der Waals surface area contributed by atoms with Gasteiger partial charge in [0.2, 0.25) is 0 Å². The average Bonchev–Trinajstić information content (AvgIpc) is 2.41. The molecule has 0 saturated carbocycles. The standard InChI is InChI=1S/C14H12N2O4/c1-9-2-4-10(5-3-9)15-11-6-7-13(16(19)20)12(8-11)14(17)18/h2-8,15H,1H3,(H,17,18). The Balaban J connectivity index is 2.34. The smallest absolute Gasteiger partial charge is 0.342 e. The maximum absolute atomic E-state index is 11.0. The molecule has 0 spiro atoms. The zero-order valence-corrected chi connectivity index (χ0v) is 10.7. The highest BCUT2D eigenvalue weighted by atomic mass is 16.6. The summed E-state index contributed by atoms with van der Waals surface area (Å²) in [5, 5.41) is 22.8. The van der Waals surface area contributed by atoms with Crippen LogP contribution in [0, 0.1) is 17.0 Å². The van der Waals surface area contributed by atoms with Crippen LogP contribution in [-0.4, -0.2) is 16.0 Å². The first-order valence-corrected chi connectivity index (χ1v) is 5.83. The van der Waals surface area contributed by atoms with Crippen molar-refractivity contribution >= 4 is 23.0 Å². The average molecular weight is 272 g/mol. The van der Waals surface area contributed by atoms with Gasteiger partial charge in [-0.2, -0.15) is 0 Å². The molecule has 2 rings (SSSR count). The molecule has 102 valence electrons. The number of hydrogen-bond donors (Lipinski definition) is 2. The Morgan fingerprint density at radius 1 is 1.15 bits per heavy atom. The van der Waals surface area contributed by atoms with Crippen LogP contribution in [0.3, 0.4) is 0 Å². The predicted molar refractivity (Wildman–Crippen MR) is 74.5 cm³/mol. The van der Waals surface area contributed by atoms with Crippen molar-refractivity contribution in [1.82, 2.24) is 0 Å². The van der Waals surface area contributed by atoms with Gasteiger partial charge < -0.3 is 10.4 Å². The molecule has 20 heavy (non-hydrogen) atoms. The van der Waals surface area contributed by atoms with Crippen LogP contribution >= 0.6 is 0 Å². The van der Waals surface area contributed by atoms with Crippen LogP contribution in [0.1, 0.15) is 15.9 Å². The van der Waals surface area contributed by atoms with Gasteiger partial charge in [0.1, 0.15) is 5.56 Å². The lowest BCUT2D eigenvalue weighted by Gasteiger charge is -2.08. The summed E-state index contributed by atoms with van der Waals surface area (Å²) in [6.07, 6.45) is 0. The number of nitrogens with zero attached hydrogens (tertiary/aromatic N) is 1. The summed E-state index contributed by atoms with van der Waals surface area (Å²) in [5.74, 6) is -1.33. The summed E-state index contributed by atoms with van der Waals surface area (Å²) < 4.78 is 0. The lowest BCUT2D eigenvalue weighted by Crippen LogP contribution is -2.03. The Labute approximate surface area is 114 Å². The summed E-state index contributed by atoms with van der Waals surface area (Å²) in [5.41, 5.74) is 1.60. The van der Waals surface area contributed by atoms with Gasteiger partial charge in [-0.05, 0) is 31.2 Å². The van der Waals surface area contributed by atoms with E-state index < -0.39 is 16.6 Å². The second-order valence-electron chi connectivity index (χ2n) is 4.29. The summed E-state index contributed by atoms with van der Waals surface area (Å²) in [6, 6.07) is 11.4. The lowest BCUT2D eigenvalue weighted by atomic mass is 10.1. The number of carboxylic acids is 1. The number of carbonyl (C=O) groups is 1. The molecule has 2 aromatic carbocycles. The van der Waals surface area contributed by atoms with Crippen molar-refractivity contribution in [3.8, 4) is 0 Å².